The number of hydrogen-bond donors (Lipinski definition) is 1. The van der Waals surface area contributed by atoms with Gasteiger partial charge in [0.05, 0.1) is 0 Å². The van der Waals surface area contributed by atoms with Crippen LogP contribution in [-0.2, 0) is 4.79 Å². The number of nitrogens with zero attached hydrogens (tertiary/aromatic N) is 2. The third kappa shape index (κ3) is 2.83. The average Bonchev–Trinajstić information content (AvgIpc) is 3.33. The number of benzene rings is 2. The summed E-state index contributed by atoms with van der Waals surface area (Å²) in [5.74, 6) is 0.213. The van der Waals surface area contributed by atoms with Crippen LogP contribution in [0.4, 0.5) is 0 Å². The summed E-state index contributed by atoms with van der Waals surface area (Å²) in [6.07, 6.45) is 1.52. The molecule has 2 aromatic carbocycles. The molecule has 1 fully saturated rings. The number of hydrogen-bond acceptors (Lipinski definition) is 4. The number of amides is 2. The zero-order valence-corrected chi connectivity index (χ0v) is 14.4. The highest BCUT2D eigenvalue weighted by Crippen LogP contribution is 2.26. The second-order valence-corrected chi connectivity index (χ2v) is 6.34. The van der Waals surface area contributed by atoms with Crippen LogP contribution in [0.3, 0.4) is 0 Å². The summed E-state index contributed by atoms with van der Waals surface area (Å²) in [5, 5.41) is 2.64. The summed E-state index contributed by atoms with van der Waals surface area (Å²) < 4.78 is 5.79. The van der Waals surface area contributed by atoms with Crippen LogP contribution < -0.4 is 5.32 Å². The van der Waals surface area contributed by atoms with Gasteiger partial charge in [0.2, 0.25) is 11.8 Å². The number of fused-ring (bicyclic) bond motifs is 1. The van der Waals surface area contributed by atoms with Crippen molar-refractivity contribution in [2.45, 2.75) is 18.9 Å². The molecule has 26 heavy (non-hydrogen) atoms. The quantitative estimate of drug-likeness (QED) is 0.789. The Morgan fingerprint density at radius 2 is 2.04 bits per heavy atom. The fourth-order valence-corrected chi connectivity index (χ4v) is 3.40. The Bertz CT molecular complexity index is 946. The molecule has 1 aliphatic rings. The molecule has 3 aromatic rings. The Morgan fingerprint density at radius 1 is 1.19 bits per heavy atom. The number of likely N-dealkylation sites (tertiary alicyclic amines) is 1. The third-order valence-electron chi connectivity index (χ3n) is 4.71. The molecule has 2 amide bonds. The standard InChI is InChI=1S/C20H19N3O3/c1-21-18(24)16-9-5-11-23(16)20(25)14-7-4-6-13(12-14)19-22-15-8-2-3-10-17(15)26-19/h2-4,6-8,10,12,16H,5,9,11H2,1H3,(H,21,24). The molecular weight excluding hydrogens is 330 g/mol. The predicted octanol–water partition coefficient (Wildman–Crippen LogP) is 2.85. The largest absolute Gasteiger partial charge is 0.436 e. The molecule has 1 aromatic heterocycles. The highest BCUT2D eigenvalue weighted by molar-refractivity contribution is 5.98. The molecule has 6 heteroatoms. The Balaban J connectivity index is 1.65. The van der Waals surface area contributed by atoms with Crippen LogP contribution in [0.1, 0.15) is 23.2 Å². The fraction of sp³-hybridized carbons (Fsp3) is 0.250. The van der Waals surface area contributed by atoms with Crippen molar-refractivity contribution >= 4 is 22.9 Å². The van der Waals surface area contributed by atoms with Gasteiger partial charge in [0.1, 0.15) is 11.6 Å². The first-order valence-corrected chi connectivity index (χ1v) is 8.66. The Morgan fingerprint density at radius 3 is 2.85 bits per heavy atom. The van der Waals surface area contributed by atoms with E-state index in [4.69, 9.17) is 4.42 Å². The summed E-state index contributed by atoms with van der Waals surface area (Å²) in [5.41, 5.74) is 2.75. The van der Waals surface area contributed by atoms with Crippen LogP contribution in [0.15, 0.2) is 52.9 Å². The molecule has 0 aliphatic carbocycles. The van der Waals surface area contributed by atoms with E-state index in [1.807, 2.05) is 36.4 Å². The zero-order valence-electron chi connectivity index (χ0n) is 14.4. The number of aromatic nitrogens is 1. The van der Waals surface area contributed by atoms with E-state index in [0.717, 1.165) is 17.5 Å². The first-order valence-electron chi connectivity index (χ1n) is 8.66. The average molecular weight is 349 g/mol. The Kier molecular flexibility index (Phi) is 4.16. The van der Waals surface area contributed by atoms with Gasteiger partial charge >= 0.3 is 0 Å². The summed E-state index contributed by atoms with van der Waals surface area (Å²) in [4.78, 5) is 31.1. The first kappa shape index (κ1) is 16.3. The van der Waals surface area contributed by atoms with E-state index < -0.39 is 6.04 Å². The summed E-state index contributed by atoms with van der Waals surface area (Å²) in [7, 11) is 1.59. The van der Waals surface area contributed by atoms with Gasteiger partial charge in [-0.1, -0.05) is 18.2 Å². The molecule has 0 saturated carbocycles. The SMILES string of the molecule is CNC(=O)C1CCCN1C(=O)c1cccc(-c2nc3ccccc3o2)c1. The number of rotatable bonds is 3. The van der Waals surface area contributed by atoms with Crippen LogP contribution in [0.25, 0.3) is 22.6 Å². The smallest absolute Gasteiger partial charge is 0.254 e. The molecule has 0 bridgehead atoms. The van der Waals surface area contributed by atoms with Crippen LogP contribution >= 0.6 is 0 Å². The lowest BCUT2D eigenvalue weighted by atomic mass is 10.1. The van der Waals surface area contributed by atoms with Crippen LogP contribution in [0, 0.1) is 0 Å². The van der Waals surface area contributed by atoms with E-state index in [2.05, 4.69) is 10.3 Å². The van der Waals surface area contributed by atoms with Crippen molar-refractivity contribution in [2.75, 3.05) is 13.6 Å². The van der Waals surface area contributed by atoms with Gasteiger partial charge in [0.15, 0.2) is 5.58 Å². The second-order valence-electron chi connectivity index (χ2n) is 6.34. The number of nitrogens with one attached hydrogen (secondary N) is 1. The minimum Gasteiger partial charge on any atom is -0.436 e. The highest BCUT2D eigenvalue weighted by Gasteiger charge is 2.34. The van der Waals surface area contributed by atoms with E-state index in [1.165, 1.54) is 0 Å². The normalized spacial score (nSPS) is 16.8. The number of oxazole rings is 1. The van der Waals surface area contributed by atoms with Gasteiger partial charge in [-0.3, -0.25) is 9.59 Å². The van der Waals surface area contributed by atoms with Crippen molar-refractivity contribution in [2.24, 2.45) is 0 Å². The Hall–Kier alpha value is -3.15. The van der Waals surface area contributed by atoms with E-state index in [0.29, 0.717) is 30.0 Å². The van der Waals surface area contributed by atoms with Gasteiger partial charge in [-0.25, -0.2) is 4.98 Å². The van der Waals surface area contributed by atoms with Gasteiger partial charge in [-0.15, -0.1) is 0 Å². The number of carbonyl (C=O) groups is 2. The molecule has 1 atom stereocenters. The van der Waals surface area contributed by atoms with Crippen LogP contribution in [-0.4, -0.2) is 41.3 Å². The van der Waals surface area contributed by atoms with Crippen molar-refractivity contribution in [3.8, 4) is 11.5 Å². The molecule has 1 N–H and O–H groups in total. The van der Waals surface area contributed by atoms with Crippen LogP contribution in [0.5, 0.6) is 0 Å². The van der Waals surface area contributed by atoms with Gasteiger partial charge in [-0.05, 0) is 43.2 Å². The van der Waals surface area contributed by atoms with Gasteiger partial charge in [0.25, 0.3) is 5.91 Å². The molecule has 1 aliphatic heterocycles. The van der Waals surface area contributed by atoms with Gasteiger partial charge in [-0.2, -0.15) is 0 Å². The number of carbonyl (C=O) groups excluding carboxylic acids is 2. The summed E-state index contributed by atoms with van der Waals surface area (Å²) in [6.45, 7) is 0.587. The predicted molar refractivity (Wildman–Crippen MR) is 97.6 cm³/mol. The minimum atomic E-state index is -0.402. The maximum absolute atomic E-state index is 12.9. The zero-order chi connectivity index (χ0) is 18.1. The monoisotopic (exact) mass is 349 g/mol. The second kappa shape index (κ2) is 6.63. The van der Waals surface area contributed by atoms with Gasteiger partial charge < -0.3 is 14.6 Å². The lowest BCUT2D eigenvalue weighted by Gasteiger charge is -2.23. The topological polar surface area (TPSA) is 75.4 Å². The molecule has 1 saturated heterocycles. The van der Waals surface area contributed by atoms with E-state index in [1.54, 1.807) is 24.1 Å². The lowest BCUT2D eigenvalue weighted by molar-refractivity contribution is -0.124. The molecular formula is C20H19N3O3. The van der Waals surface area contributed by atoms with Crippen molar-refractivity contribution in [1.29, 1.82) is 0 Å². The van der Waals surface area contributed by atoms with Crippen molar-refractivity contribution < 1.29 is 14.0 Å². The van der Waals surface area contributed by atoms with Crippen molar-refractivity contribution in [3.63, 3.8) is 0 Å². The van der Waals surface area contributed by atoms with E-state index in [-0.39, 0.29) is 11.8 Å². The highest BCUT2D eigenvalue weighted by atomic mass is 16.3. The molecule has 0 spiro atoms. The molecule has 4 rings (SSSR count). The lowest BCUT2D eigenvalue weighted by Crippen LogP contribution is -2.44. The van der Waals surface area contributed by atoms with E-state index >= 15 is 0 Å². The minimum absolute atomic E-state index is 0.119. The molecule has 1 unspecified atom stereocenters. The van der Waals surface area contributed by atoms with Crippen molar-refractivity contribution in [3.05, 3.63) is 54.1 Å². The van der Waals surface area contributed by atoms with Crippen LogP contribution in [0.2, 0.25) is 0 Å². The van der Waals surface area contributed by atoms with Crippen molar-refractivity contribution in [1.82, 2.24) is 15.2 Å². The maximum atomic E-state index is 12.9. The Labute approximate surface area is 150 Å². The van der Waals surface area contributed by atoms with Gasteiger partial charge in [0, 0.05) is 24.7 Å². The fourth-order valence-electron chi connectivity index (χ4n) is 3.40. The number of likely N-dealkylation sites (N-methyl/N-ethyl adjacent to an activating group) is 1. The summed E-state index contributed by atoms with van der Waals surface area (Å²) >= 11 is 0. The molecule has 2 heterocycles. The first-order chi connectivity index (χ1) is 12.7. The number of para-hydroxylation sites is 2. The summed E-state index contributed by atoms with van der Waals surface area (Å²) in [6, 6.07) is 14.3. The third-order valence-corrected chi connectivity index (χ3v) is 4.71. The molecule has 6 nitrogen and oxygen atoms in total. The molecule has 132 valence electrons. The molecule has 0 radical (unpaired) electrons. The van der Waals surface area contributed by atoms with E-state index in [9.17, 15) is 9.59 Å². The maximum Gasteiger partial charge on any atom is 0.254 e.